The third-order valence-electron chi connectivity index (χ3n) is 10.9. The van der Waals surface area contributed by atoms with Crippen LogP contribution in [0, 0.1) is 49.5 Å². The first-order valence-corrected chi connectivity index (χ1v) is 13.8. The van der Waals surface area contributed by atoms with Gasteiger partial charge in [0, 0.05) is 23.1 Å². The molecule has 7 nitrogen and oxygen atoms in total. The Morgan fingerprint density at radius 3 is 2.45 bits per heavy atom. The van der Waals surface area contributed by atoms with Crippen molar-refractivity contribution >= 4 is 17.6 Å². The predicted octanol–water partition coefficient (Wildman–Crippen LogP) is 6.81. The van der Waals surface area contributed by atoms with Crippen molar-refractivity contribution in [3.63, 3.8) is 0 Å². The number of cyclic esters (lactones) is 1. The Kier molecular flexibility index (Phi) is 6.35. The normalized spacial score (nSPS) is 37.8. The van der Waals surface area contributed by atoms with E-state index < -0.39 is 10.9 Å². The van der Waals surface area contributed by atoms with Gasteiger partial charge in [0.15, 0.2) is 0 Å². The summed E-state index contributed by atoms with van der Waals surface area (Å²) in [5.74, 6) is 0.710. The Labute approximate surface area is 224 Å². The van der Waals surface area contributed by atoms with Crippen LogP contribution >= 0.6 is 0 Å². The Balaban J connectivity index is 1.44. The Bertz CT molecular complexity index is 1220. The first-order chi connectivity index (χ1) is 17.8. The minimum atomic E-state index is -0.490. The van der Waals surface area contributed by atoms with E-state index in [1.807, 2.05) is 6.08 Å². The highest BCUT2D eigenvalue weighted by atomic mass is 16.6. The van der Waals surface area contributed by atoms with Gasteiger partial charge in [-0.15, -0.1) is 0 Å². The average Bonchev–Trinajstić information content (AvgIpc) is 3.24. The summed E-state index contributed by atoms with van der Waals surface area (Å²) in [6, 6.07) is 5.50. The number of ether oxygens (including phenoxy) is 2. The number of hydrogen-bond acceptors (Lipinski definition) is 6. The van der Waals surface area contributed by atoms with Gasteiger partial charge in [-0.2, -0.15) is 0 Å². The van der Waals surface area contributed by atoms with Gasteiger partial charge in [-0.1, -0.05) is 45.9 Å². The van der Waals surface area contributed by atoms with Crippen LogP contribution in [0.2, 0.25) is 0 Å². The van der Waals surface area contributed by atoms with Crippen LogP contribution in [0.5, 0.6) is 5.75 Å². The van der Waals surface area contributed by atoms with Crippen molar-refractivity contribution in [1.29, 1.82) is 0 Å². The van der Waals surface area contributed by atoms with E-state index in [1.165, 1.54) is 24.3 Å². The summed E-state index contributed by atoms with van der Waals surface area (Å²) in [7, 11) is 0. The zero-order valence-corrected chi connectivity index (χ0v) is 23.1. The molecule has 3 fully saturated rings. The average molecular weight is 522 g/mol. The summed E-state index contributed by atoms with van der Waals surface area (Å²) in [5.41, 5.74) is 0.279. The molecule has 1 aromatic rings. The number of nitrogens with zero attached hydrogens (tertiary/aromatic N) is 1. The second-order valence-corrected chi connectivity index (χ2v) is 13.2. The van der Waals surface area contributed by atoms with E-state index in [0.29, 0.717) is 30.4 Å². The number of hydrogen-bond donors (Lipinski definition) is 0. The molecule has 7 heteroatoms. The minimum Gasteiger partial charge on any atom is -0.465 e. The van der Waals surface area contributed by atoms with Crippen molar-refractivity contribution in [2.24, 2.45) is 39.4 Å². The second kappa shape index (κ2) is 9.06. The molecule has 6 atom stereocenters. The maximum Gasteiger partial charge on any atom is 0.338 e. The number of nitro groups is 1. The van der Waals surface area contributed by atoms with Crippen molar-refractivity contribution in [3.05, 3.63) is 58.2 Å². The van der Waals surface area contributed by atoms with Gasteiger partial charge in [0.05, 0.1) is 18.0 Å². The number of fused-ring (bicyclic) bond motifs is 4. The third kappa shape index (κ3) is 4.00. The quantitative estimate of drug-likeness (QED) is 0.108. The van der Waals surface area contributed by atoms with Crippen molar-refractivity contribution in [3.8, 4) is 5.75 Å². The molecule has 2 saturated carbocycles. The zero-order chi connectivity index (χ0) is 27.5. The molecule has 3 aliphatic carbocycles. The van der Waals surface area contributed by atoms with Crippen LogP contribution in [0.25, 0.3) is 0 Å². The molecule has 1 spiro atoms. The smallest absolute Gasteiger partial charge is 0.338 e. The van der Waals surface area contributed by atoms with E-state index in [2.05, 4.69) is 39.8 Å². The molecular weight excluding hydrogens is 482 g/mol. The van der Waals surface area contributed by atoms with Crippen LogP contribution in [-0.4, -0.2) is 23.5 Å². The summed E-state index contributed by atoms with van der Waals surface area (Å²) < 4.78 is 11.2. The maximum atomic E-state index is 13.0. The van der Waals surface area contributed by atoms with E-state index >= 15 is 0 Å². The Hall–Kier alpha value is -2.96. The molecule has 1 aromatic carbocycles. The number of nitro benzene ring substituents is 1. The lowest BCUT2D eigenvalue weighted by atomic mass is 9.36. The predicted molar refractivity (Wildman–Crippen MR) is 143 cm³/mol. The molecule has 0 N–H and O–H groups in total. The van der Waals surface area contributed by atoms with Gasteiger partial charge in [-0.3, -0.25) is 14.9 Å². The van der Waals surface area contributed by atoms with Gasteiger partial charge in [-0.25, -0.2) is 4.79 Å². The summed E-state index contributed by atoms with van der Waals surface area (Å²) >= 11 is 0. The molecule has 38 heavy (non-hydrogen) atoms. The van der Waals surface area contributed by atoms with Crippen molar-refractivity contribution in [2.75, 3.05) is 6.61 Å². The standard InChI is InChI=1S/C31H39NO6/c1-20(27(34)38-23-10-8-22(9-11-23)32(35)36)17-21-7-12-25-29(4)15-6-14-28(2,3)24(29)13-16-30(25,5)31(21)18-26(33)37-19-31/h6,8-11,14,17,21,24-25H,7,12-13,15-16,18-19H2,1-5H3/b20-17+/t21-,24?,25-,29+,30-,31+/m1/s1. The number of rotatable bonds is 4. The minimum absolute atomic E-state index is 0.0203. The lowest BCUT2D eigenvalue weighted by molar-refractivity contribution is -0.384. The molecule has 4 aliphatic rings. The number of non-ortho nitro benzene ring substituents is 1. The fourth-order valence-corrected chi connectivity index (χ4v) is 9.06. The summed E-state index contributed by atoms with van der Waals surface area (Å²) in [4.78, 5) is 36.1. The molecule has 0 aromatic heterocycles. The largest absolute Gasteiger partial charge is 0.465 e. The number of carbonyl (C=O) groups excluding carboxylic acids is 2. The van der Waals surface area contributed by atoms with E-state index in [1.54, 1.807) is 6.92 Å². The molecule has 204 valence electrons. The summed E-state index contributed by atoms with van der Waals surface area (Å²) in [5, 5.41) is 10.9. The molecule has 1 saturated heterocycles. The number of esters is 2. The van der Waals surface area contributed by atoms with Crippen molar-refractivity contribution < 1.29 is 24.0 Å². The Morgan fingerprint density at radius 1 is 1.11 bits per heavy atom. The molecule has 0 bridgehead atoms. The fraction of sp³-hybridized carbons (Fsp3) is 0.613. The molecule has 0 radical (unpaired) electrons. The van der Waals surface area contributed by atoms with Crippen molar-refractivity contribution in [2.45, 2.75) is 73.1 Å². The SMILES string of the molecule is C/C(=C\[C@H]1CC[C@@H]2[C@@]3(C)CC=CC(C)(C)C3CC[C@@]2(C)[C@@]12COC(=O)C2)C(=O)Oc1ccc([N+](=O)[O-])cc1. The highest BCUT2D eigenvalue weighted by Crippen LogP contribution is 2.73. The highest BCUT2D eigenvalue weighted by Gasteiger charge is 2.68. The van der Waals surface area contributed by atoms with E-state index in [-0.39, 0.29) is 45.0 Å². The van der Waals surface area contributed by atoms with Gasteiger partial charge in [0.1, 0.15) is 5.75 Å². The van der Waals surface area contributed by atoms with Crippen LogP contribution in [0.1, 0.15) is 73.1 Å². The van der Waals surface area contributed by atoms with E-state index in [0.717, 1.165) is 32.1 Å². The van der Waals surface area contributed by atoms with Crippen LogP contribution in [-0.2, 0) is 14.3 Å². The van der Waals surface area contributed by atoms with E-state index in [4.69, 9.17) is 9.47 Å². The van der Waals surface area contributed by atoms with Gasteiger partial charge in [0.2, 0.25) is 0 Å². The molecule has 1 unspecified atom stereocenters. The molecule has 0 amide bonds. The molecule has 5 rings (SSSR count). The lowest BCUT2D eigenvalue weighted by Crippen LogP contribution is -2.63. The van der Waals surface area contributed by atoms with E-state index in [9.17, 15) is 19.7 Å². The number of allylic oxidation sites excluding steroid dienone is 3. The van der Waals surface area contributed by atoms with Gasteiger partial charge in [0.25, 0.3) is 5.69 Å². The first-order valence-electron chi connectivity index (χ1n) is 13.8. The van der Waals surface area contributed by atoms with Gasteiger partial charge >= 0.3 is 11.9 Å². The van der Waals surface area contributed by atoms with Crippen LogP contribution < -0.4 is 4.74 Å². The summed E-state index contributed by atoms with van der Waals surface area (Å²) in [6.45, 7) is 11.7. The van der Waals surface area contributed by atoms with Crippen LogP contribution in [0.15, 0.2) is 48.1 Å². The maximum absolute atomic E-state index is 13.0. The highest BCUT2D eigenvalue weighted by molar-refractivity contribution is 5.89. The van der Waals surface area contributed by atoms with Crippen LogP contribution in [0.4, 0.5) is 5.69 Å². The molecule has 1 heterocycles. The van der Waals surface area contributed by atoms with Gasteiger partial charge < -0.3 is 9.47 Å². The molecular formula is C31H39NO6. The first kappa shape index (κ1) is 26.6. The number of carbonyl (C=O) groups is 2. The topological polar surface area (TPSA) is 95.7 Å². The zero-order valence-electron chi connectivity index (χ0n) is 23.1. The van der Waals surface area contributed by atoms with Crippen LogP contribution in [0.3, 0.4) is 0 Å². The molecule has 1 aliphatic heterocycles. The second-order valence-electron chi connectivity index (χ2n) is 13.2. The monoisotopic (exact) mass is 521 g/mol. The van der Waals surface area contributed by atoms with Crippen molar-refractivity contribution in [1.82, 2.24) is 0 Å². The van der Waals surface area contributed by atoms with Gasteiger partial charge in [-0.05, 0) is 85.2 Å². The summed E-state index contributed by atoms with van der Waals surface area (Å²) in [6.07, 6.45) is 12.3. The third-order valence-corrected chi connectivity index (χ3v) is 10.9. The number of benzene rings is 1. The Morgan fingerprint density at radius 2 is 1.82 bits per heavy atom. The lowest BCUT2D eigenvalue weighted by Gasteiger charge is -2.68. The fourth-order valence-electron chi connectivity index (χ4n) is 9.06.